The lowest BCUT2D eigenvalue weighted by molar-refractivity contribution is 0.0934. The Morgan fingerprint density at radius 3 is 2.28 bits per heavy atom. The maximum absolute atomic E-state index is 13.4. The minimum atomic E-state index is -3.75. The smallest absolute Gasteiger partial charge is 0.409 e. The predicted molar refractivity (Wildman–Crippen MR) is 110 cm³/mol. The van der Waals surface area contributed by atoms with Crippen LogP contribution in [-0.4, -0.2) is 66.3 Å². The number of nitrogens with zero attached hydrogens (tertiary/aromatic N) is 4. The summed E-state index contributed by atoms with van der Waals surface area (Å²) in [5, 5.41) is 4.61. The van der Waals surface area contributed by atoms with Crippen molar-refractivity contribution in [3.63, 3.8) is 0 Å². The fourth-order valence-corrected chi connectivity index (χ4v) is 4.99. The van der Waals surface area contributed by atoms with Gasteiger partial charge in [-0.1, -0.05) is 39.0 Å². The first-order valence-corrected chi connectivity index (χ1v) is 11.2. The Kier molecular flexibility index (Phi) is 6.00. The number of carbonyl (C=O) groups is 1. The SMILES string of the molecule is CCOC(=O)N1CCN(S(=O)(=O)c2cn(-c3ccccc3)nc2C(C)(C)C)CC1. The molecule has 2 heterocycles. The van der Waals surface area contributed by atoms with Crippen molar-refractivity contribution in [3.05, 3.63) is 42.2 Å². The van der Waals surface area contributed by atoms with Gasteiger partial charge in [-0.15, -0.1) is 0 Å². The first kappa shape index (κ1) is 21.3. The van der Waals surface area contributed by atoms with Gasteiger partial charge in [-0.05, 0) is 19.1 Å². The Morgan fingerprint density at radius 2 is 1.72 bits per heavy atom. The van der Waals surface area contributed by atoms with Crippen LogP contribution in [0.15, 0.2) is 41.4 Å². The number of carbonyl (C=O) groups excluding carboxylic acids is 1. The van der Waals surface area contributed by atoms with Crippen LogP contribution in [0.4, 0.5) is 4.79 Å². The molecular formula is C20H28N4O4S. The molecule has 29 heavy (non-hydrogen) atoms. The Morgan fingerprint density at radius 1 is 1.10 bits per heavy atom. The maximum Gasteiger partial charge on any atom is 0.409 e. The molecule has 0 spiro atoms. The number of aromatic nitrogens is 2. The van der Waals surface area contributed by atoms with E-state index in [4.69, 9.17) is 4.74 Å². The highest BCUT2D eigenvalue weighted by atomic mass is 32.2. The van der Waals surface area contributed by atoms with E-state index in [0.717, 1.165) is 5.69 Å². The molecule has 1 aromatic heterocycles. The molecule has 1 saturated heterocycles. The summed E-state index contributed by atoms with van der Waals surface area (Å²) in [4.78, 5) is 13.6. The molecule has 1 fully saturated rings. The van der Waals surface area contributed by atoms with Crippen LogP contribution in [0.3, 0.4) is 0 Å². The molecule has 0 N–H and O–H groups in total. The van der Waals surface area contributed by atoms with Crippen molar-refractivity contribution >= 4 is 16.1 Å². The van der Waals surface area contributed by atoms with Gasteiger partial charge in [0.1, 0.15) is 4.90 Å². The van der Waals surface area contributed by atoms with Crippen LogP contribution in [0.25, 0.3) is 5.69 Å². The van der Waals surface area contributed by atoms with E-state index in [1.807, 2.05) is 51.1 Å². The molecule has 1 aliphatic rings. The average molecular weight is 421 g/mol. The standard InChI is InChI=1S/C20H28N4O4S/c1-5-28-19(25)22-11-13-23(14-12-22)29(26,27)17-15-24(16-9-7-6-8-10-16)21-18(17)20(2,3)4/h6-10,15H,5,11-14H2,1-4H3. The monoisotopic (exact) mass is 420 g/mol. The topological polar surface area (TPSA) is 84.7 Å². The molecule has 0 radical (unpaired) electrons. The molecule has 158 valence electrons. The highest BCUT2D eigenvalue weighted by molar-refractivity contribution is 7.89. The Hall–Kier alpha value is -2.39. The molecule has 1 amide bonds. The highest BCUT2D eigenvalue weighted by Crippen LogP contribution is 2.31. The second-order valence-electron chi connectivity index (χ2n) is 7.96. The molecule has 0 atom stereocenters. The third-order valence-electron chi connectivity index (χ3n) is 4.79. The van der Waals surface area contributed by atoms with Gasteiger partial charge in [0.05, 0.1) is 24.2 Å². The van der Waals surface area contributed by atoms with Gasteiger partial charge in [0.2, 0.25) is 10.0 Å². The highest BCUT2D eigenvalue weighted by Gasteiger charge is 2.36. The lowest BCUT2D eigenvalue weighted by atomic mass is 9.92. The maximum atomic E-state index is 13.4. The minimum Gasteiger partial charge on any atom is -0.450 e. The van der Waals surface area contributed by atoms with Crippen LogP contribution in [0.5, 0.6) is 0 Å². The molecule has 3 rings (SSSR count). The fraction of sp³-hybridized carbons (Fsp3) is 0.500. The van der Waals surface area contributed by atoms with Crippen molar-refractivity contribution in [3.8, 4) is 5.69 Å². The van der Waals surface area contributed by atoms with Crippen molar-refractivity contribution in [2.75, 3.05) is 32.8 Å². The van der Waals surface area contributed by atoms with Crippen molar-refractivity contribution < 1.29 is 17.9 Å². The average Bonchev–Trinajstić information content (AvgIpc) is 3.16. The quantitative estimate of drug-likeness (QED) is 0.759. The molecule has 1 aliphatic heterocycles. The third kappa shape index (κ3) is 4.45. The van der Waals surface area contributed by atoms with Gasteiger partial charge in [-0.25, -0.2) is 17.9 Å². The lowest BCUT2D eigenvalue weighted by Gasteiger charge is -2.33. The molecule has 8 nitrogen and oxygen atoms in total. The number of rotatable bonds is 4. The van der Waals surface area contributed by atoms with Crippen LogP contribution < -0.4 is 0 Å². The van der Waals surface area contributed by atoms with Crippen LogP contribution in [0.1, 0.15) is 33.4 Å². The van der Waals surface area contributed by atoms with Crippen molar-refractivity contribution in [1.29, 1.82) is 0 Å². The summed E-state index contributed by atoms with van der Waals surface area (Å²) < 4.78 is 34.9. The van der Waals surface area contributed by atoms with E-state index < -0.39 is 21.5 Å². The van der Waals surface area contributed by atoms with E-state index in [2.05, 4.69) is 5.10 Å². The lowest BCUT2D eigenvalue weighted by Crippen LogP contribution is -2.50. The molecule has 9 heteroatoms. The molecule has 2 aromatic rings. The summed E-state index contributed by atoms with van der Waals surface area (Å²) in [7, 11) is -3.75. The first-order valence-electron chi connectivity index (χ1n) is 9.72. The molecule has 0 unspecified atom stereocenters. The predicted octanol–water partition coefficient (Wildman–Crippen LogP) is 2.63. The number of hydrogen-bond acceptors (Lipinski definition) is 5. The Labute approximate surface area is 172 Å². The van der Waals surface area contributed by atoms with Crippen LogP contribution in [-0.2, 0) is 20.2 Å². The van der Waals surface area contributed by atoms with E-state index in [-0.39, 0.29) is 18.0 Å². The number of amides is 1. The first-order chi connectivity index (χ1) is 13.6. The Balaban J connectivity index is 1.91. The van der Waals surface area contributed by atoms with Gasteiger partial charge in [-0.2, -0.15) is 9.40 Å². The number of para-hydroxylation sites is 1. The van der Waals surface area contributed by atoms with Crippen molar-refractivity contribution in [2.24, 2.45) is 0 Å². The Bertz CT molecular complexity index is 956. The van der Waals surface area contributed by atoms with Gasteiger partial charge >= 0.3 is 6.09 Å². The summed E-state index contributed by atoms with van der Waals surface area (Å²) in [5.41, 5.74) is 0.871. The minimum absolute atomic E-state index is 0.207. The van der Waals surface area contributed by atoms with Crippen molar-refractivity contribution in [1.82, 2.24) is 19.0 Å². The second kappa shape index (κ2) is 8.16. The second-order valence-corrected chi connectivity index (χ2v) is 9.87. The summed E-state index contributed by atoms with van der Waals surface area (Å²) in [6, 6.07) is 9.44. The zero-order valence-corrected chi connectivity index (χ0v) is 18.1. The number of sulfonamides is 1. The van der Waals surface area contributed by atoms with E-state index in [1.165, 1.54) is 9.21 Å². The zero-order valence-electron chi connectivity index (χ0n) is 17.3. The zero-order chi connectivity index (χ0) is 21.2. The van der Waals surface area contributed by atoms with Gasteiger partial charge in [0.15, 0.2) is 0 Å². The summed E-state index contributed by atoms with van der Waals surface area (Å²) in [5.74, 6) is 0. The van der Waals surface area contributed by atoms with E-state index in [1.54, 1.807) is 17.8 Å². The largest absolute Gasteiger partial charge is 0.450 e. The molecule has 1 aromatic carbocycles. The number of hydrogen-bond donors (Lipinski definition) is 0. The molecule has 0 bridgehead atoms. The van der Waals surface area contributed by atoms with Crippen molar-refractivity contribution in [2.45, 2.75) is 38.0 Å². The van der Waals surface area contributed by atoms with Crippen LogP contribution >= 0.6 is 0 Å². The molecular weight excluding hydrogens is 392 g/mol. The van der Waals surface area contributed by atoms with Crippen LogP contribution in [0.2, 0.25) is 0 Å². The van der Waals surface area contributed by atoms with Gasteiger partial charge < -0.3 is 9.64 Å². The third-order valence-corrected chi connectivity index (χ3v) is 6.69. The summed E-state index contributed by atoms with van der Waals surface area (Å²) in [6.45, 7) is 8.93. The molecule has 0 saturated carbocycles. The van der Waals surface area contributed by atoms with Gasteiger partial charge in [0.25, 0.3) is 0 Å². The summed E-state index contributed by atoms with van der Waals surface area (Å²) >= 11 is 0. The van der Waals surface area contributed by atoms with Gasteiger partial charge in [-0.3, -0.25) is 0 Å². The number of ether oxygens (including phenoxy) is 1. The number of piperazine rings is 1. The molecule has 0 aliphatic carbocycles. The normalized spacial score (nSPS) is 16.1. The fourth-order valence-electron chi connectivity index (χ4n) is 3.24. The van der Waals surface area contributed by atoms with E-state index >= 15 is 0 Å². The van der Waals surface area contributed by atoms with Crippen LogP contribution in [0, 0.1) is 0 Å². The van der Waals surface area contributed by atoms with E-state index in [0.29, 0.717) is 25.4 Å². The van der Waals surface area contributed by atoms with E-state index in [9.17, 15) is 13.2 Å². The number of benzene rings is 1. The summed E-state index contributed by atoms with van der Waals surface area (Å²) in [6.07, 6.45) is 1.18. The van der Waals surface area contributed by atoms with Gasteiger partial charge in [0, 0.05) is 31.6 Å².